The molecule has 0 aliphatic carbocycles. The van der Waals surface area contributed by atoms with Crippen molar-refractivity contribution in [3.63, 3.8) is 0 Å². The summed E-state index contributed by atoms with van der Waals surface area (Å²) in [4.78, 5) is 41.4. The smallest absolute Gasteiger partial charge is 0.413 e. The van der Waals surface area contributed by atoms with Crippen LogP contribution in [0.4, 0.5) is 21.4 Å². The molecule has 3 aromatic carbocycles. The third-order valence-electron chi connectivity index (χ3n) is 11.3. The molecule has 1 aliphatic rings. The summed E-state index contributed by atoms with van der Waals surface area (Å²) in [5, 5.41) is 13.5. The van der Waals surface area contributed by atoms with Gasteiger partial charge in [-0.15, -0.1) is 0 Å². The molecule has 0 saturated carbocycles. The molecule has 6 aromatic rings. The van der Waals surface area contributed by atoms with Crippen molar-refractivity contribution in [3.05, 3.63) is 102 Å². The number of hydrogen-bond donors (Lipinski definition) is 2. The highest BCUT2D eigenvalue weighted by atomic mass is 28.3. The Bertz CT molecular complexity index is 2510. The van der Waals surface area contributed by atoms with Gasteiger partial charge in [0.1, 0.15) is 16.6 Å². The SMILES string of the molecule is CCC[C@@H](CCO[Si](c1ccccc1-c1ccccc1)C(C)(C)C)Nc1nc(NC(=O)OC)nc2cnn(Cc3ccc(C4CCN(C(=O)OC(C)(C)C)CC4)c4cccnc34)c12. The number of aromatic nitrogens is 5. The Balaban J connectivity index is 1.14. The molecule has 13 nitrogen and oxygen atoms in total. The normalized spacial score (nSPS) is 14.3. The first kappa shape index (κ1) is 45.2. The van der Waals surface area contributed by atoms with Gasteiger partial charge in [0, 0.05) is 37.3 Å². The van der Waals surface area contributed by atoms with Crippen molar-refractivity contribution < 1.29 is 23.5 Å². The number of amides is 2. The van der Waals surface area contributed by atoms with Crippen molar-refractivity contribution >= 4 is 60.1 Å². The van der Waals surface area contributed by atoms with E-state index >= 15 is 0 Å². The van der Waals surface area contributed by atoms with Crippen molar-refractivity contribution in [3.8, 4) is 11.1 Å². The van der Waals surface area contributed by atoms with Crippen LogP contribution in [-0.4, -0.2) is 89.3 Å². The minimum absolute atomic E-state index is 0.00136. The predicted molar refractivity (Wildman–Crippen MR) is 252 cm³/mol. The monoisotopic (exact) mass is 869 g/mol. The van der Waals surface area contributed by atoms with E-state index in [0.29, 0.717) is 43.1 Å². The van der Waals surface area contributed by atoms with E-state index in [1.54, 1.807) is 6.20 Å². The molecular formula is C49H61N8O5Si. The third kappa shape index (κ3) is 11.0. The van der Waals surface area contributed by atoms with Crippen molar-refractivity contribution in [2.75, 3.05) is 37.4 Å². The summed E-state index contributed by atoms with van der Waals surface area (Å²) in [5.41, 5.74) is 6.29. The van der Waals surface area contributed by atoms with Gasteiger partial charge in [-0.2, -0.15) is 10.1 Å². The molecule has 2 amide bonds. The number of nitrogens with one attached hydrogen (secondary N) is 2. The molecule has 1 fully saturated rings. The van der Waals surface area contributed by atoms with Crippen LogP contribution in [0.25, 0.3) is 33.1 Å². The van der Waals surface area contributed by atoms with Crippen LogP contribution in [0.5, 0.6) is 0 Å². The van der Waals surface area contributed by atoms with Crippen LogP contribution in [0.3, 0.4) is 0 Å². The van der Waals surface area contributed by atoms with Gasteiger partial charge >= 0.3 is 12.2 Å². The average molecular weight is 870 g/mol. The lowest BCUT2D eigenvalue weighted by atomic mass is 9.86. The van der Waals surface area contributed by atoms with Crippen molar-refractivity contribution in [2.45, 2.75) is 110 Å². The minimum atomic E-state index is -1.48. The summed E-state index contributed by atoms with van der Waals surface area (Å²) in [7, 11) is -0.171. The van der Waals surface area contributed by atoms with Crippen LogP contribution >= 0.6 is 0 Å². The number of fused-ring (bicyclic) bond motifs is 2. The Kier molecular flexibility index (Phi) is 14.1. The fourth-order valence-corrected chi connectivity index (χ4v) is 10.8. The molecule has 0 bridgehead atoms. The van der Waals surface area contributed by atoms with E-state index in [1.165, 1.54) is 29.0 Å². The van der Waals surface area contributed by atoms with Crippen LogP contribution in [0.1, 0.15) is 97.6 Å². The van der Waals surface area contributed by atoms with Crippen LogP contribution in [0.2, 0.25) is 5.04 Å². The Hall–Kier alpha value is -5.86. The number of nitrogens with zero attached hydrogens (tertiary/aromatic N) is 6. The maximum absolute atomic E-state index is 12.8. The first-order chi connectivity index (χ1) is 30.2. The number of rotatable bonds is 14. The largest absolute Gasteiger partial charge is 0.453 e. The highest BCUT2D eigenvalue weighted by molar-refractivity contribution is 6.71. The molecule has 3 aromatic heterocycles. The lowest BCUT2D eigenvalue weighted by molar-refractivity contribution is 0.0205. The van der Waals surface area contributed by atoms with Gasteiger partial charge in [-0.1, -0.05) is 107 Å². The second-order valence-electron chi connectivity index (χ2n) is 18.3. The van der Waals surface area contributed by atoms with E-state index in [1.807, 2.05) is 48.7 Å². The van der Waals surface area contributed by atoms with Crippen LogP contribution in [-0.2, 0) is 20.4 Å². The van der Waals surface area contributed by atoms with E-state index in [-0.39, 0.29) is 29.0 Å². The number of pyridine rings is 1. The van der Waals surface area contributed by atoms with Gasteiger partial charge in [-0.25, -0.2) is 14.6 Å². The molecule has 331 valence electrons. The highest BCUT2D eigenvalue weighted by Crippen LogP contribution is 2.36. The third-order valence-corrected chi connectivity index (χ3v) is 14.1. The lowest BCUT2D eigenvalue weighted by Crippen LogP contribution is -2.43. The molecule has 1 atom stereocenters. The minimum Gasteiger partial charge on any atom is -0.453 e. The Morgan fingerprint density at radius 1 is 0.905 bits per heavy atom. The second-order valence-corrected chi connectivity index (χ2v) is 21.2. The number of piperidine rings is 1. The first-order valence-electron chi connectivity index (χ1n) is 22.1. The van der Waals surface area contributed by atoms with E-state index in [0.717, 1.165) is 48.6 Å². The van der Waals surface area contributed by atoms with Crippen LogP contribution in [0.15, 0.2) is 91.3 Å². The Morgan fingerprint density at radius 2 is 1.65 bits per heavy atom. The predicted octanol–water partition coefficient (Wildman–Crippen LogP) is 10.1. The summed E-state index contributed by atoms with van der Waals surface area (Å²) in [6, 6.07) is 27.6. The van der Waals surface area contributed by atoms with Gasteiger partial charge < -0.3 is 24.1 Å². The van der Waals surface area contributed by atoms with Gasteiger partial charge in [0.25, 0.3) is 9.04 Å². The number of benzene rings is 3. The van der Waals surface area contributed by atoms with E-state index in [2.05, 4.69) is 110 Å². The second kappa shape index (κ2) is 19.7. The van der Waals surface area contributed by atoms with Gasteiger partial charge in [-0.3, -0.25) is 15.0 Å². The highest BCUT2D eigenvalue weighted by Gasteiger charge is 2.34. The fraction of sp³-hybridized carbons (Fsp3) is 0.429. The number of anilines is 2. The molecule has 0 unspecified atom stereocenters. The zero-order valence-electron chi connectivity index (χ0n) is 37.9. The molecule has 1 radical (unpaired) electrons. The Morgan fingerprint density at radius 3 is 2.37 bits per heavy atom. The summed E-state index contributed by atoms with van der Waals surface area (Å²) >= 11 is 0. The van der Waals surface area contributed by atoms with Crippen LogP contribution < -0.4 is 15.8 Å². The summed E-state index contributed by atoms with van der Waals surface area (Å²) in [6.07, 6.45) is 6.83. The fourth-order valence-electron chi connectivity index (χ4n) is 8.40. The van der Waals surface area contributed by atoms with E-state index in [9.17, 15) is 9.59 Å². The number of likely N-dealkylation sites (tertiary alicyclic amines) is 1. The summed E-state index contributed by atoms with van der Waals surface area (Å²) in [6.45, 7) is 16.9. The number of carbonyl (C=O) groups excluding carboxylic acids is 2. The summed E-state index contributed by atoms with van der Waals surface area (Å²) < 4.78 is 19.4. The molecule has 4 heterocycles. The quantitative estimate of drug-likeness (QED) is 0.101. The topological polar surface area (TPSA) is 146 Å². The maximum Gasteiger partial charge on any atom is 0.413 e. The number of methoxy groups -OCH3 is 1. The van der Waals surface area contributed by atoms with Crippen LogP contribution in [0, 0.1) is 0 Å². The summed E-state index contributed by atoms with van der Waals surface area (Å²) in [5.74, 6) is 0.954. The molecule has 7 rings (SSSR count). The molecular weight excluding hydrogens is 809 g/mol. The zero-order valence-corrected chi connectivity index (χ0v) is 38.9. The first-order valence-corrected chi connectivity index (χ1v) is 23.5. The molecule has 14 heteroatoms. The molecule has 1 saturated heterocycles. The molecule has 0 spiro atoms. The van der Waals surface area contributed by atoms with Gasteiger partial charge in [-0.05, 0) is 90.9 Å². The van der Waals surface area contributed by atoms with Crippen molar-refractivity contribution in [1.82, 2.24) is 29.6 Å². The van der Waals surface area contributed by atoms with Gasteiger partial charge in [0.2, 0.25) is 5.95 Å². The van der Waals surface area contributed by atoms with Crippen molar-refractivity contribution in [2.24, 2.45) is 0 Å². The standard InChI is InChI=1S/C49H61N8O5Si/c1-9-16-36(26-30-61-63(49(5,6)7)41-21-14-13-19-38(41)33-17-11-10-12-18-33)52-44-43-40(53-45(54-44)55-46(58)60-8)31-51-57(43)32-35-22-23-37(39-20-15-27-50-42(35)39)34-24-28-56(29-25-34)47(59)62-48(2,3)4/h10-15,17-23,27,31,34,36H,9,16,24-26,28-30,32H2,1-8H3,(H2,52,53,54,55,58)/t36-/m0/s1. The van der Waals surface area contributed by atoms with E-state index in [4.69, 9.17) is 29.0 Å². The number of carbonyl (C=O) groups is 2. The zero-order chi connectivity index (χ0) is 44.7. The van der Waals surface area contributed by atoms with Gasteiger partial charge in [0.15, 0.2) is 5.82 Å². The average Bonchev–Trinajstić information content (AvgIpc) is 3.67. The molecule has 2 N–H and O–H groups in total. The number of ether oxygens (including phenoxy) is 2. The maximum atomic E-state index is 12.8. The lowest BCUT2D eigenvalue weighted by Gasteiger charge is -2.34. The van der Waals surface area contributed by atoms with Crippen molar-refractivity contribution in [1.29, 1.82) is 0 Å². The molecule has 1 aliphatic heterocycles. The van der Waals surface area contributed by atoms with E-state index < -0.39 is 20.7 Å². The molecule has 63 heavy (non-hydrogen) atoms. The van der Waals surface area contributed by atoms with Gasteiger partial charge in [0.05, 0.1) is 25.4 Å². The Labute approximate surface area is 372 Å². The number of hydrogen-bond acceptors (Lipinski definition) is 10.